The highest BCUT2D eigenvalue weighted by Gasteiger charge is 2.66. The van der Waals surface area contributed by atoms with Crippen molar-refractivity contribution >= 4 is 15.9 Å². The van der Waals surface area contributed by atoms with Crippen LogP contribution in [0.3, 0.4) is 0 Å². The summed E-state index contributed by atoms with van der Waals surface area (Å²) in [5.41, 5.74) is 0.334. The van der Waals surface area contributed by atoms with Crippen LogP contribution in [-0.2, 0) is 6.42 Å². The lowest BCUT2D eigenvalue weighted by Crippen LogP contribution is -2.52. The average molecular weight is 326 g/mol. The molecule has 0 saturated heterocycles. The molecule has 1 heterocycles. The zero-order valence-electron chi connectivity index (χ0n) is 8.52. The molecule has 0 spiro atoms. The highest BCUT2D eigenvalue weighted by Crippen LogP contribution is 2.48. The highest BCUT2D eigenvalue weighted by atomic mass is 79.9. The number of ether oxygens (including phenoxy) is 2. The fourth-order valence-electron chi connectivity index (χ4n) is 1.35. The van der Waals surface area contributed by atoms with Gasteiger partial charge in [0.05, 0.1) is 12.5 Å². The van der Waals surface area contributed by atoms with E-state index in [1.165, 1.54) is 0 Å². The minimum atomic E-state index is -4.75. The van der Waals surface area contributed by atoms with Gasteiger partial charge in [0.2, 0.25) is 0 Å². The van der Waals surface area contributed by atoms with Gasteiger partial charge >= 0.3 is 12.2 Å². The number of alkyl halides is 4. The first-order valence-corrected chi connectivity index (χ1v) is 5.39. The zero-order valence-corrected chi connectivity index (χ0v) is 10.1. The number of benzene rings is 1. The van der Waals surface area contributed by atoms with E-state index in [1.807, 2.05) is 0 Å². The first kappa shape index (κ1) is 13.0. The van der Waals surface area contributed by atoms with E-state index >= 15 is 0 Å². The Hall–Kier alpha value is -1.49. The van der Waals surface area contributed by atoms with Crippen LogP contribution < -0.4 is 9.47 Å². The molecule has 1 aromatic rings. The lowest BCUT2D eigenvalue weighted by atomic mass is 10.1. The minimum absolute atomic E-state index is 0.0841. The van der Waals surface area contributed by atoms with Gasteiger partial charge in [-0.15, -0.1) is 0 Å². The number of rotatable bonds is 1. The van der Waals surface area contributed by atoms with Crippen molar-refractivity contribution in [1.82, 2.24) is 0 Å². The quantitative estimate of drug-likeness (QED) is 0.742. The third-order valence-corrected chi connectivity index (χ3v) is 2.94. The van der Waals surface area contributed by atoms with Crippen LogP contribution in [0.15, 0.2) is 16.6 Å². The van der Waals surface area contributed by atoms with Gasteiger partial charge in [0.15, 0.2) is 11.5 Å². The topological polar surface area (TPSA) is 42.2 Å². The Kier molecular flexibility index (Phi) is 2.89. The van der Waals surface area contributed by atoms with Gasteiger partial charge < -0.3 is 9.47 Å². The van der Waals surface area contributed by atoms with Crippen molar-refractivity contribution < 1.29 is 27.0 Å². The maximum Gasteiger partial charge on any atom is 0.507 e. The van der Waals surface area contributed by atoms with Crippen LogP contribution in [0.25, 0.3) is 0 Å². The summed E-state index contributed by atoms with van der Waals surface area (Å²) in [5.74, 6) is -1.04. The molecule has 1 aliphatic rings. The summed E-state index contributed by atoms with van der Waals surface area (Å²) in [7, 11) is 0. The van der Waals surface area contributed by atoms with Crippen molar-refractivity contribution in [2.45, 2.75) is 18.6 Å². The first-order valence-electron chi connectivity index (χ1n) is 4.60. The van der Waals surface area contributed by atoms with Crippen LogP contribution in [0.2, 0.25) is 0 Å². The van der Waals surface area contributed by atoms with Gasteiger partial charge in [0.1, 0.15) is 0 Å². The molecule has 0 bridgehead atoms. The molecule has 0 radical (unpaired) electrons. The molecule has 1 aromatic carbocycles. The van der Waals surface area contributed by atoms with E-state index < -0.39 is 23.7 Å². The van der Waals surface area contributed by atoms with Gasteiger partial charge in [-0.3, -0.25) is 0 Å². The molecule has 96 valence electrons. The number of fused-ring (bicyclic) bond motifs is 1. The second-order valence-electron chi connectivity index (χ2n) is 3.46. The molecule has 0 fully saturated rings. The maximum absolute atomic E-state index is 12.9. The Morgan fingerprint density at radius 1 is 1.11 bits per heavy atom. The lowest BCUT2D eigenvalue weighted by Gasteiger charge is -2.32. The van der Waals surface area contributed by atoms with Gasteiger partial charge in [-0.1, -0.05) is 15.9 Å². The third kappa shape index (κ3) is 1.99. The molecule has 8 heteroatoms. The number of hydrogen-bond donors (Lipinski definition) is 0. The van der Waals surface area contributed by atoms with Crippen molar-refractivity contribution in [3.8, 4) is 17.6 Å². The van der Waals surface area contributed by atoms with Crippen LogP contribution in [-0.4, -0.2) is 12.2 Å². The number of halogens is 5. The first-order chi connectivity index (χ1) is 8.27. The van der Waals surface area contributed by atoms with Gasteiger partial charge in [-0.05, 0) is 17.7 Å². The normalized spacial score (nSPS) is 19.1. The molecule has 0 aliphatic carbocycles. The summed E-state index contributed by atoms with van der Waals surface area (Å²) in [6, 6.07) is 3.93. The van der Waals surface area contributed by atoms with Gasteiger partial charge in [0.25, 0.3) is 0 Å². The minimum Gasteiger partial charge on any atom is -0.421 e. The van der Waals surface area contributed by atoms with Crippen molar-refractivity contribution in [3.63, 3.8) is 0 Å². The maximum atomic E-state index is 12.9. The van der Waals surface area contributed by atoms with E-state index in [1.54, 1.807) is 6.07 Å². The monoisotopic (exact) mass is 325 g/mol. The standard InChI is InChI=1S/C10H4BrF4NO2/c11-6-4-8-7(3-5(6)1-2-16)17-9(12,13)10(14,15)18-8/h3-4H,1H2. The molecule has 0 unspecified atom stereocenters. The molecule has 18 heavy (non-hydrogen) atoms. The summed E-state index contributed by atoms with van der Waals surface area (Å²) in [6.07, 6.45) is -9.58. The predicted molar refractivity (Wildman–Crippen MR) is 54.6 cm³/mol. The predicted octanol–water partition coefficient (Wildman–Crippen LogP) is 3.47. The number of nitrogens with zero attached hydrogens (tertiary/aromatic N) is 1. The zero-order chi connectivity index (χ0) is 13.6. The summed E-state index contributed by atoms with van der Waals surface area (Å²) in [6.45, 7) is 0. The van der Waals surface area contributed by atoms with Crippen LogP contribution in [0.4, 0.5) is 17.6 Å². The van der Waals surface area contributed by atoms with Crippen LogP contribution in [0.1, 0.15) is 5.56 Å². The van der Waals surface area contributed by atoms with Crippen LogP contribution >= 0.6 is 15.9 Å². The Labute approximate surface area is 107 Å². The molecule has 0 N–H and O–H groups in total. The Bertz CT molecular complexity index is 541. The van der Waals surface area contributed by atoms with Crippen molar-refractivity contribution in [2.75, 3.05) is 0 Å². The molecule has 0 atom stereocenters. The second kappa shape index (κ2) is 4.02. The number of nitriles is 1. The lowest BCUT2D eigenvalue weighted by molar-refractivity contribution is -0.391. The van der Waals surface area contributed by atoms with E-state index in [4.69, 9.17) is 5.26 Å². The fraction of sp³-hybridized carbons (Fsp3) is 0.300. The van der Waals surface area contributed by atoms with E-state index in [-0.39, 0.29) is 6.42 Å². The van der Waals surface area contributed by atoms with E-state index in [0.717, 1.165) is 12.1 Å². The Morgan fingerprint density at radius 3 is 2.11 bits per heavy atom. The molecular formula is C10H4BrF4NO2. The second-order valence-corrected chi connectivity index (χ2v) is 4.32. The molecule has 0 saturated carbocycles. The SMILES string of the molecule is N#CCc1cc2c(cc1Br)OC(F)(F)C(F)(F)O2. The summed E-state index contributed by atoms with van der Waals surface area (Å²) in [5, 5.41) is 8.52. The van der Waals surface area contributed by atoms with E-state index in [2.05, 4.69) is 25.4 Å². The summed E-state index contributed by atoms with van der Waals surface area (Å²) >= 11 is 3.02. The van der Waals surface area contributed by atoms with Gasteiger partial charge in [-0.2, -0.15) is 22.8 Å². The highest BCUT2D eigenvalue weighted by molar-refractivity contribution is 9.10. The van der Waals surface area contributed by atoms with Crippen molar-refractivity contribution in [3.05, 3.63) is 22.2 Å². The fourth-order valence-corrected chi connectivity index (χ4v) is 1.81. The van der Waals surface area contributed by atoms with E-state index in [9.17, 15) is 17.6 Å². The molecule has 0 amide bonds. The Balaban J connectivity index is 2.48. The van der Waals surface area contributed by atoms with Crippen LogP contribution in [0.5, 0.6) is 11.5 Å². The van der Waals surface area contributed by atoms with Crippen molar-refractivity contribution in [1.29, 1.82) is 5.26 Å². The third-order valence-electron chi connectivity index (χ3n) is 2.20. The van der Waals surface area contributed by atoms with E-state index in [0.29, 0.717) is 10.0 Å². The largest absolute Gasteiger partial charge is 0.507 e. The summed E-state index contributed by atoms with van der Waals surface area (Å²) < 4.78 is 59.7. The van der Waals surface area contributed by atoms with Crippen molar-refractivity contribution in [2.24, 2.45) is 0 Å². The Morgan fingerprint density at radius 2 is 1.61 bits per heavy atom. The molecule has 2 rings (SSSR count). The number of hydrogen-bond acceptors (Lipinski definition) is 3. The average Bonchev–Trinajstić information content (AvgIpc) is 2.22. The van der Waals surface area contributed by atoms with Gasteiger partial charge in [0, 0.05) is 4.47 Å². The molecule has 3 nitrogen and oxygen atoms in total. The summed E-state index contributed by atoms with van der Waals surface area (Å²) in [4.78, 5) is 0. The van der Waals surface area contributed by atoms with Gasteiger partial charge in [-0.25, -0.2) is 0 Å². The smallest absolute Gasteiger partial charge is 0.421 e. The molecule has 1 aliphatic heterocycles. The molecule has 0 aromatic heterocycles. The molecular weight excluding hydrogens is 322 g/mol. The van der Waals surface area contributed by atoms with Crippen LogP contribution in [0, 0.1) is 11.3 Å².